The van der Waals surface area contributed by atoms with Gasteiger partial charge in [0.05, 0.1) is 61.2 Å². The van der Waals surface area contributed by atoms with Gasteiger partial charge < -0.3 is 66.1 Å². The van der Waals surface area contributed by atoms with E-state index in [9.17, 15) is 53.4 Å². The smallest absolute Gasteiger partial charge is 0.410 e. The van der Waals surface area contributed by atoms with Crippen molar-refractivity contribution in [2.75, 3.05) is 47.2 Å². The highest BCUT2D eigenvalue weighted by Crippen LogP contribution is 2.30. The Kier molecular flexibility index (Phi) is 29.2. The van der Waals surface area contributed by atoms with Gasteiger partial charge in [-0.1, -0.05) is 111 Å². The number of benzene rings is 2. The van der Waals surface area contributed by atoms with Crippen molar-refractivity contribution in [1.82, 2.24) is 41.3 Å². The Bertz CT molecular complexity index is 2480. The van der Waals surface area contributed by atoms with E-state index in [1.54, 1.807) is 89.7 Å². The van der Waals surface area contributed by atoms with E-state index in [4.69, 9.17) is 14.2 Å². The number of anilines is 1. The average Bonchev–Trinajstić information content (AvgIpc) is 4.05. The van der Waals surface area contributed by atoms with Gasteiger partial charge in [-0.05, 0) is 87.1 Å². The Morgan fingerprint density at radius 1 is 0.714 bits per heavy atom. The van der Waals surface area contributed by atoms with Crippen molar-refractivity contribution in [2.24, 2.45) is 29.6 Å². The van der Waals surface area contributed by atoms with Crippen LogP contribution in [-0.4, -0.2) is 181 Å². The number of carbonyl (C=O) groups is 9. The van der Waals surface area contributed by atoms with Crippen molar-refractivity contribution >= 4 is 59.1 Å². The summed E-state index contributed by atoms with van der Waals surface area (Å²) in [5.41, 5.74) is 1.41. The van der Waals surface area contributed by atoms with E-state index < -0.39 is 132 Å². The number of amides is 8. The molecule has 470 valence electrons. The van der Waals surface area contributed by atoms with Crippen LogP contribution in [-0.2, 0) is 59.2 Å². The van der Waals surface area contributed by atoms with Crippen LogP contribution in [0, 0.1) is 29.6 Å². The SMILES string of the molecule is CC[C@H](C)[C@@H]([C@@H](CC(=O)N1CCC[C@H]1[C@H](OC)[C@@H](C)C(=O)N[C@H](C)[C@@H](O)c1ccccc1)OC)N(C)C(=O)[C@@H](NC(=O)[C@H](C(C)C)N(C)C(=O)OCc1ccc(NC(=O)[C@H](CC(=O)O)NC(=O)[C@H](C)NC(=O)[C@@H](CC(C)C)NC)cc1)C(C)C. The molecule has 0 saturated carbocycles. The first-order chi connectivity index (χ1) is 39.5. The van der Waals surface area contributed by atoms with Gasteiger partial charge in [-0.2, -0.15) is 0 Å². The molecular formula is C61H97N9O14. The molecule has 8 N–H and O–H groups in total. The minimum atomic E-state index is -1.49. The fourth-order valence-corrected chi connectivity index (χ4v) is 10.7. The zero-order valence-corrected chi connectivity index (χ0v) is 52.2. The predicted octanol–water partition coefficient (Wildman–Crippen LogP) is 4.62. The highest BCUT2D eigenvalue weighted by atomic mass is 16.6. The van der Waals surface area contributed by atoms with Crippen molar-refractivity contribution in [3.63, 3.8) is 0 Å². The van der Waals surface area contributed by atoms with E-state index in [0.717, 1.165) is 4.90 Å². The number of hydrogen-bond acceptors (Lipinski definition) is 14. The minimum Gasteiger partial charge on any atom is -0.481 e. The summed E-state index contributed by atoms with van der Waals surface area (Å²) in [5.74, 6) is -6.44. The topological polar surface area (TPSA) is 304 Å². The van der Waals surface area contributed by atoms with Gasteiger partial charge >= 0.3 is 12.1 Å². The van der Waals surface area contributed by atoms with Crippen molar-refractivity contribution in [3.8, 4) is 0 Å². The van der Waals surface area contributed by atoms with Gasteiger partial charge in [0.15, 0.2) is 0 Å². The van der Waals surface area contributed by atoms with Crippen LogP contribution in [0.15, 0.2) is 54.6 Å². The fourth-order valence-electron chi connectivity index (χ4n) is 10.7. The van der Waals surface area contributed by atoms with Crippen LogP contribution in [0.1, 0.15) is 132 Å². The van der Waals surface area contributed by atoms with Crippen LogP contribution in [0.2, 0.25) is 0 Å². The maximum Gasteiger partial charge on any atom is 0.410 e. The number of aliphatic hydroxyl groups is 1. The Labute approximate surface area is 496 Å². The number of rotatable bonds is 33. The highest BCUT2D eigenvalue weighted by molar-refractivity contribution is 6.00. The van der Waals surface area contributed by atoms with Gasteiger partial charge in [0.2, 0.25) is 41.4 Å². The summed E-state index contributed by atoms with van der Waals surface area (Å²) in [7, 11) is 7.69. The molecule has 13 atom stereocenters. The summed E-state index contributed by atoms with van der Waals surface area (Å²) < 4.78 is 17.6. The number of carboxylic acids is 1. The van der Waals surface area contributed by atoms with E-state index in [1.807, 2.05) is 45.9 Å². The molecule has 8 amide bonds. The number of aliphatic carboxylic acids is 1. The molecule has 0 bridgehead atoms. The average molecular weight is 1180 g/mol. The first-order valence-electron chi connectivity index (χ1n) is 29.3. The molecule has 0 aliphatic carbocycles. The molecule has 1 aliphatic rings. The number of carbonyl (C=O) groups excluding carboxylic acids is 8. The monoisotopic (exact) mass is 1180 g/mol. The lowest BCUT2D eigenvalue weighted by molar-refractivity contribution is -0.148. The number of carboxylic acid groups (broad SMARTS) is 1. The molecule has 2 aromatic carbocycles. The fraction of sp³-hybridized carbons (Fsp3) is 0.656. The number of aliphatic hydroxyl groups excluding tert-OH is 1. The zero-order valence-electron chi connectivity index (χ0n) is 52.2. The van der Waals surface area contributed by atoms with Gasteiger partial charge in [-0.25, -0.2) is 4.79 Å². The second-order valence-electron chi connectivity index (χ2n) is 23.4. The molecule has 0 radical (unpaired) electrons. The number of nitrogens with one attached hydrogen (secondary N) is 6. The third-order valence-electron chi connectivity index (χ3n) is 15.8. The standard InChI is InChI=1S/C61H97N9O14/c1-17-37(8)52(47(82-15)32-48(71)70-29-21-24-46(70)54(83-16)38(9)55(75)63-39(10)53(74)42-22-19-18-20-23-42)68(13)60(80)50(35(4)5)67-59(79)51(36(6)7)69(14)61(81)84-33-41-25-27-43(28-26-41)65-58(78)45(31-49(72)73)66-56(76)40(11)64-57(77)44(62-12)30-34(2)3/h18-20,22-23,25-28,34-40,44-47,50-54,62,74H,17,21,24,29-33H2,1-16H3,(H,63,75)(H,64,77)(H,65,78)(H,66,76)(H,67,79)(H,72,73)/t37-,38+,39+,40-,44+,45-,46-,47+,50-,51-,52-,53+,54+/m0/s1. The molecule has 0 aromatic heterocycles. The maximum absolute atomic E-state index is 14.7. The molecule has 0 unspecified atom stereocenters. The molecule has 1 saturated heterocycles. The molecule has 23 nitrogen and oxygen atoms in total. The lowest BCUT2D eigenvalue weighted by atomic mass is 9.89. The van der Waals surface area contributed by atoms with E-state index in [-0.39, 0.29) is 42.4 Å². The number of hydrogen-bond donors (Lipinski definition) is 8. The molecule has 1 heterocycles. The normalized spacial score (nSPS) is 17.7. The molecular weight excluding hydrogens is 1080 g/mol. The van der Waals surface area contributed by atoms with Crippen LogP contribution in [0.5, 0.6) is 0 Å². The van der Waals surface area contributed by atoms with Crippen molar-refractivity contribution in [2.45, 2.75) is 188 Å². The van der Waals surface area contributed by atoms with E-state index in [1.165, 1.54) is 40.3 Å². The Morgan fingerprint density at radius 3 is 1.88 bits per heavy atom. The summed E-state index contributed by atoms with van der Waals surface area (Å²) in [5, 5.41) is 36.8. The molecule has 1 aliphatic heterocycles. The first-order valence-corrected chi connectivity index (χ1v) is 29.3. The van der Waals surface area contributed by atoms with Crippen LogP contribution >= 0.6 is 0 Å². The molecule has 23 heteroatoms. The largest absolute Gasteiger partial charge is 0.481 e. The number of likely N-dealkylation sites (N-methyl/N-ethyl adjacent to an activating group) is 3. The minimum absolute atomic E-state index is 0.0882. The molecule has 3 rings (SSSR count). The third-order valence-corrected chi connectivity index (χ3v) is 15.8. The highest BCUT2D eigenvalue weighted by Gasteiger charge is 2.44. The van der Waals surface area contributed by atoms with Crippen molar-refractivity contribution in [1.29, 1.82) is 0 Å². The number of methoxy groups -OCH3 is 2. The second-order valence-corrected chi connectivity index (χ2v) is 23.4. The number of likely N-dealkylation sites (tertiary alicyclic amines) is 1. The Morgan fingerprint density at radius 2 is 1.35 bits per heavy atom. The quantitative estimate of drug-likeness (QED) is 0.0484. The lowest BCUT2D eigenvalue weighted by Crippen LogP contribution is -2.60. The van der Waals surface area contributed by atoms with Gasteiger partial charge in [0, 0.05) is 40.5 Å². The van der Waals surface area contributed by atoms with Crippen LogP contribution in [0.3, 0.4) is 0 Å². The van der Waals surface area contributed by atoms with Gasteiger partial charge in [0.1, 0.15) is 30.8 Å². The lowest BCUT2D eigenvalue weighted by Gasteiger charge is -2.41. The summed E-state index contributed by atoms with van der Waals surface area (Å²) in [6.45, 7) is 20.0. The summed E-state index contributed by atoms with van der Waals surface area (Å²) >= 11 is 0. The third kappa shape index (κ3) is 20.5. The first kappa shape index (κ1) is 71.6. The number of ether oxygens (including phenoxy) is 3. The summed E-state index contributed by atoms with van der Waals surface area (Å²) in [4.78, 5) is 126. The van der Waals surface area contributed by atoms with Gasteiger partial charge in [-0.15, -0.1) is 0 Å². The molecule has 2 aromatic rings. The Hall–Kier alpha value is -6.69. The molecule has 84 heavy (non-hydrogen) atoms. The molecule has 1 fully saturated rings. The van der Waals surface area contributed by atoms with Crippen LogP contribution < -0.4 is 31.9 Å². The zero-order chi connectivity index (χ0) is 63.3. The van der Waals surface area contributed by atoms with Gasteiger partial charge in [-0.3, -0.25) is 43.3 Å². The summed E-state index contributed by atoms with van der Waals surface area (Å²) in [6.07, 6.45) is -1.62. The Balaban J connectivity index is 1.69. The van der Waals surface area contributed by atoms with Crippen molar-refractivity contribution < 1.29 is 67.6 Å². The van der Waals surface area contributed by atoms with Crippen molar-refractivity contribution in [3.05, 3.63) is 65.7 Å². The van der Waals surface area contributed by atoms with E-state index >= 15 is 0 Å². The number of nitrogens with zero attached hydrogens (tertiary/aromatic N) is 3. The van der Waals surface area contributed by atoms with Gasteiger partial charge in [0.25, 0.3) is 0 Å². The van der Waals surface area contributed by atoms with E-state index in [2.05, 4.69) is 31.9 Å². The maximum atomic E-state index is 14.7. The molecule has 0 spiro atoms. The second kappa shape index (κ2) is 34.3. The predicted molar refractivity (Wildman–Crippen MR) is 318 cm³/mol. The van der Waals surface area contributed by atoms with Crippen LogP contribution in [0.25, 0.3) is 0 Å². The van der Waals surface area contributed by atoms with Crippen LogP contribution in [0.4, 0.5) is 10.5 Å². The van der Waals surface area contributed by atoms with E-state index in [0.29, 0.717) is 43.4 Å². The summed E-state index contributed by atoms with van der Waals surface area (Å²) in [6, 6.07) is 8.25.